The lowest BCUT2D eigenvalue weighted by Crippen LogP contribution is -2.44. The Morgan fingerprint density at radius 2 is 1.90 bits per heavy atom. The van der Waals surface area contributed by atoms with Crippen LogP contribution in [0.3, 0.4) is 0 Å². The fraction of sp³-hybridized carbons (Fsp3) is 0.304. The van der Waals surface area contributed by atoms with E-state index in [-0.39, 0.29) is 17.7 Å². The third-order valence-corrected chi connectivity index (χ3v) is 5.14. The number of H-pyrrole nitrogens is 1. The molecule has 1 aliphatic heterocycles. The summed E-state index contributed by atoms with van der Waals surface area (Å²) in [5.74, 6) is 0.403. The van der Waals surface area contributed by atoms with Crippen molar-refractivity contribution in [1.29, 1.82) is 0 Å². The molecule has 0 aliphatic carbocycles. The molecule has 1 unspecified atom stereocenters. The molecule has 0 fully saturated rings. The van der Waals surface area contributed by atoms with Gasteiger partial charge in [0.15, 0.2) is 11.5 Å². The maximum absolute atomic E-state index is 13.3. The number of fused-ring (bicyclic) bond motifs is 1. The van der Waals surface area contributed by atoms with Crippen LogP contribution in [0.4, 0.5) is 0 Å². The number of ether oxygens (including phenoxy) is 1. The number of nitrogens with zero attached hydrogens (tertiary/aromatic N) is 2. The summed E-state index contributed by atoms with van der Waals surface area (Å²) in [5.41, 5.74) is 3.52. The number of aromatic nitrogens is 2. The fourth-order valence-corrected chi connectivity index (χ4v) is 3.94. The molecule has 0 saturated heterocycles. The van der Waals surface area contributed by atoms with E-state index in [0.717, 1.165) is 22.4 Å². The molecule has 1 amide bonds. The topological polar surface area (TPSA) is 78.5 Å². The number of carbonyl (C=O) groups excluding carboxylic acids is 1. The molecule has 29 heavy (non-hydrogen) atoms. The number of benzene rings is 2. The normalized spacial score (nSPS) is 16.2. The average Bonchev–Trinajstić information content (AvgIpc) is 3.23. The van der Waals surface area contributed by atoms with Crippen molar-refractivity contribution in [1.82, 2.24) is 15.1 Å². The first kappa shape index (κ1) is 19.1. The fourth-order valence-electron chi connectivity index (χ4n) is 3.94. The van der Waals surface area contributed by atoms with Crippen LogP contribution < -0.4 is 4.74 Å². The Balaban J connectivity index is 1.93. The Morgan fingerprint density at radius 3 is 2.55 bits per heavy atom. The number of amides is 1. The zero-order valence-electron chi connectivity index (χ0n) is 17.1. The van der Waals surface area contributed by atoms with Crippen molar-refractivity contribution < 1.29 is 14.6 Å². The van der Waals surface area contributed by atoms with Crippen molar-refractivity contribution in [3.05, 3.63) is 65.4 Å². The molecule has 3 aromatic rings. The summed E-state index contributed by atoms with van der Waals surface area (Å²) in [7, 11) is 0. The first-order valence-corrected chi connectivity index (χ1v) is 9.76. The van der Waals surface area contributed by atoms with E-state index in [4.69, 9.17) is 4.74 Å². The highest BCUT2D eigenvalue weighted by atomic mass is 16.5. The molecular formula is C23H25N3O3. The molecular weight excluding hydrogens is 366 g/mol. The van der Waals surface area contributed by atoms with Gasteiger partial charge in [0.25, 0.3) is 5.91 Å². The molecule has 2 aromatic carbocycles. The number of rotatable bonds is 4. The minimum atomic E-state index is -0.417. The maximum Gasteiger partial charge on any atom is 0.273 e. The molecule has 0 radical (unpaired) electrons. The van der Waals surface area contributed by atoms with Crippen LogP contribution in [0.5, 0.6) is 11.5 Å². The van der Waals surface area contributed by atoms with Gasteiger partial charge in [0, 0.05) is 16.7 Å². The Bertz CT molecular complexity index is 1050. The predicted molar refractivity (Wildman–Crippen MR) is 111 cm³/mol. The van der Waals surface area contributed by atoms with E-state index in [1.165, 1.54) is 0 Å². The van der Waals surface area contributed by atoms with Crippen molar-refractivity contribution in [2.75, 3.05) is 6.61 Å². The molecule has 2 N–H and O–H groups in total. The molecule has 6 heteroatoms. The van der Waals surface area contributed by atoms with Crippen LogP contribution >= 0.6 is 0 Å². The number of aromatic hydroxyl groups is 1. The first-order valence-electron chi connectivity index (χ1n) is 9.76. The number of hydrogen-bond acceptors (Lipinski definition) is 4. The molecule has 0 spiro atoms. The molecule has 1 atom stereocenters. The molecule has 0 saturated carbocycles. The summed E-state index contributed by atoms with van der Waals surface area (Å²) >= 11 is 0. The van der Waals surface area contributed by atoms with Crippen LogP contribution in [0.2, 0.25) is 0 Å². The van der Waals surface area contributed by atoms with Gasteiger partial charge < -0.3 is 14.7 Å². The first-order chi connectivity index (χ1) is 13.8. The summed E-state index contributed by atoms with van der Waals surface area (Å²) in [4.78, 5) is 15.2. The molecule has 2 heterocycles. The Hall–Kier alpha value is -3.28. The summed E-state index contributed by atoms with van der Waals surface area (Å²) < 4.78 is 5.59. The zero-order valence-corrected chi connectivity index (χ0v) is 17.1. The summed E-state index contributed by atoms with van der Waals surface area (Å²) in [6, 6.07) is 14.8. The monoisotopic (exact) mass is 391 g/mol. The number of carbonyl (C=O) groups is 1. The lowest BCUT2D eigenvalue weighted by atomic mass is 9.93. The van der Waals surface area contributed by atoms with Crippen LogP contribution in [0.1, 0.15) is 55.4 Å². The van der Waals surface area contributed by atoms with Gasteiger partial charge in [-0.25, -0.2) is 0 Å². The number of nitrogens with one attached hydrogen (secondary N) is 1. The van der Waals surface area contributed by atoms with Crippen LogP contribution in [0.25, 0.3) is 11.3 Å². The highest BCUT2D eigenvalue weighted by molar-refractivity contribution is 6.00. The van der Waals surface area contributed by atoms with Crippen LogP contribution in [-0.2, 0) is 0 Å². The average molecular weight is 391 g/mol. The maximum atomic E-state index is 13.3. The van der Waals surface area contributed by atoms with Crippen LogP contribution in [0, 0.1) is 0 Å². The van der Waals surface area contributed by atoms with Crippen molar-refractivity contribution >= 4 is 5.91 Å². The van der Waals surface area contributed by atoms with Gasteiger partial charge in [-0.15, -0.1) is 0 Å². The van der Waals surface area contributed by atoms with Gasteiger partial charge in [0.05, 0.1) is 18.3 Å². The van der Waals surface area contributed by atoms with E-state index in [1.807, 2.05) is 75.1 Å². The number of phenols is 1. The third kappa shape index (κ3) is 3.14. The second kappa shape index (κ2) is 6.95. The quantitative estimate of drug-likeness (QED) is 0.685. The van der Waals surface area contributed by atoms with Crippen molar-refractivity contribution in [2.45, 2.75) is 39.3 Å². The predicted octanol–water partition coefficient (Wildman–Crippen LogP) is 4.52. The lowest BCUT2D eigenvalue weighted by molar-refractivity contribution is 0.0545. The molecule has 1 aromatic heterocycles. The van der Waals surface area contributed by atoms with E-state index < -0.39 is 5.54 Å². The molecule has 150 valence electrons. The highest BCUT2D eigenvalue weighted by Crippen LogP contribution is 2.47. The molecule has 4 rings (SSSR count). The van der Waals surface area contributed by atoms with Gasteiger partial charge in [0.2, 0.25) is 0 Å². The van der Waals surface area contributed by atoms with Crippen molar-refractivity contribution in [3.63, 3.8) is 0 Å². The largest absolute Gasteiger partial charge is 0.504 e. The number of hydrogen-bond donors (Lipinski definition) is 2. The van der Waals surface area contributed by atoms with E-state index in [1.54, 1.807) is 6.07 Å². The van der Waals surface area contributed by atoms with E-state index in [9.17, 15) is 9.90 Å². The standard InChI is InChI=1S/C23H25N3O3/c1-5-29-17-13-15(11-12-16(17)27)21-18-19(14-9-7-6-8-10-14)24-25-20(18)22(28)26(21)23(2,3)4/h6-13,21,27H,5H2,1-4H3,(H,24,25). The Labute approximate surface area is 170 Å². The second-order valence-corrected chi connectivity index (χ2v) is 8.14. The van der Waals surface area contributed by atoms with Gasteiger partial charge in [0.1, 0.15) is 5.69 Å². The van der Waals surface area contributed by atoms with E-state index >= 15 is 0 Å². The lowest BCUT2D eigenvalue weighted by Gasteiger charge is -2.38. The summed E-state index contributed by atoms with van der Waals surface area (Å²) in [6.07, 6.45) is 0. The van der Waals surface area contributed by atoms with Crippen LogP contribution in [-0.4, -0.2) is 38.3 Å². The number of aromatic amines is 1. The Kier molecular flexibility index (Phi) is 4.57. The third-order valence-electron chi connectivity index (χ3n) is 5.14. The Morgan fingerprint density at radius 1 is 1.17 bits per heavy atom. The summed E-state index contributed by atoms with van der Waals surface area (Å²) in [5, 5.41) is 17.6. The van der Waals surface area contributed by atoms with Gasteiger partial charge in [-0.1, -0.05) is 36.4 Å². The van der Waals surface area contributed by atoms with Crippen molar-refractivity contribution in [3.8, 4) is 22.8 Å². The minimum absolute atomic E-state index is 0.0814. The minimum Gasteiger partial charge on any atom is -0.504 e. The van der Waals surface area contributed by atoms with Gasteiger partial charge in [-0.3, -0.25) is 9.89 Å². The van der Waals surface area contributed by atoms with Gasteiger partial charge in [-0.2, -0.15) is 5.10 Å². The highest BCUT2D eigenvalue weighted by Gasteiger charge is 2.46. The summed E-state index contributed by atoms with van der Waals surface area (Å²) in [6.45, 7) is 8.36. The molecule has 0 bridgehead atoms. The van der Waals surface area contributed by atoms with Gasteiger partial charge in [-0.05, 0) is 45.4 Å². The second-order valence-electron chi connectivity index (χ2n) is 8.14. The SMILES string of the molecule is CCOc1cc(C2c3c(-c4ccccc4)n[nH]c3C(=O)N2C(C)(C)C)ccc1O. The van der Waals surface area contributed by atoms with E-state index in [2.05, 4.69) is 10.2 Å². The molecule has 1 aliphatic rings. The van der Waals surface area contributed by atoms with E-state index in [0.29, 0.717) is 18.1 Å². The number of phenolic OH excluding ortho intramolecular Hbond substituents is 1. The van der Waals surface area contributed by atoms with Crippen LogP contribution in [0.15, 0.2) is 48.5 Å². The smallest absolute Gasteiger partial charge is 0.273 e. The molecule has 6 nitrogen and oxygen atoms in total. The zero-order chi connectivity index (χ0) is 20.8. The van der Waals surface area contributed by atoms with Gasteiger partial charge >= 0.3 is 0 Å². The van der Waals surface area contributed by atoms with Crippen molar-refractivity contribution in [2.24, 2.45) is 0 Å².